The van der Waals surface area contributed by atoms with Gasteiger partial charge in [0.2, 0.25) is 11.5 Å². The van der Waals surface area contributed by atoms with E-state index in [9.17, 15) is 10.1 Å². The van der Waals surface area contributed by atoms with E-state index in [1.165, 1.54) is 42.7 Å². The molecule has 0 bridgehead atoms. The average molecular weight is 550 g/mol. The van der Waals surface area contributed by atoms with Gasteiger partial charge in [0.25, 0.3) is 0 Å². The molecule has 212 valence electrons. The number of nitrogens with zero attached hydrogens (tertiary/aromatic N) is 2. The van der Waals surface area contributed by atoms with Crippen LogP contribution >= 0.6 is 0 Å². The molecule has 0 spiro atoms. The third-order valence-corrected chi connectivity index (χ3v) is 7.33. The Morgan fingerprint density at radius 1 is 0.850 bits per heavy atom. The van der Waals surface area contributed by atoms with E-state index in [2.05, 4.69) is 6.07 Å². The van der Waals surface area contributed by atoms with Gasteiger partial charge in [0.1, 0.15) is 5.82 Å². The summed E-state index contributed by atoms with van der Waals surface area (Å²) in [4.78, 5) is 15.7. The number of carbonyl (C=O) groups excluding carboxylic acids is 1. The molecule has 2 aromatic rings. The van der Waals surface area contributed by atoms with Gasteiger partial charge in [-0.25, -0.2) is 0 Å². The number of hydrogen-bond acceptors (Lipinski definition) is 10. The highest BCUT2D eigenvalue weighted by atomic mass is 16.5. The lowest BCUT2D eigenvalue weighted by Gasteiger charge is -2.44. The largest absolute Gasteiger partial charge is 0.493 e. The molecule has 0 radical (unpaired) electrons. The number of methoxy groups -OCH3 is 6. The Hall–Kier alpha value is -4.52. The molecule has 2 N–H and O–H groups in total. The predicted molar refractivity (Wildman–Crippen MR) is 149 cm³/mol. The lowest BCUT2D eigenvalue weighted by molar-refractivity contribution is -0.118. The molecule has 0 saturated carbocycles. The van der Waals surface area contributed by atoms with Gasteiger partial charge in [-0.15, -0.1) is 0 Å². The van der Waals surface area contributed by atoms with Crippen LogP contribution in [0.1, 0.15) is 38.2 Å². The fourth-order valence-electron chi connectivity index (χ4n) is 5.66. The number of nitriles is 1. The van der Waals surface area contributed by atoms with Crippen LogP contribution in [-0.2, 0) is 4.79 Å². The van der Waals surface area contributed by atoms with Gasteiger partial charge >= 0.3 is 0 Å². The lowest BCUT2D eigenvalue weighted by Crippen LogP contribution is -2.42. The Morgan fingerprint density at radius 2 is 1.43 bits per heavy atom. The molecule has 40 heavy (non-hydrogen) atoms. The predicted octanol–water partition coefficient (Wildman–Crippen LogP) is 4.68. The van der Waals surface area contributed by atoms with Gasteiger partial charge in [-0.1, -0.05) is 19.9 Å². The molecule has 2 aromatic carbocycles. The van der Waals surface area contributed by atoms with Crippen molar-refractivity contribution in [1.82, 2.24) is 0 Å². The van der Waals surface area contributed by atoms with Crippen molar-refractivity contribution in [3.63, 3.8) is 0 Å². The van der Waals surface area contributed by atoms with Crippen molar-refractivity contribution < 1.29 is 33.2 Å². The third-order valence-electron chi connectivity index (χ3n) is 7.33. The number of carbonyl (C=O) groups is 1. The fraction of sp³-hybridized carbons (Fsp3) is 0.400. The van der Waals surface area contributed by atoms with E-state index in [0.717, 1.165) is 0 Å². The highest BCUT2D eigenvalue weighted by Crippen LogP contribution is 2.54. The molecule has 0 aromatic heterocycles. The summed E-state index contributed by atoms with van der Waals surface area (Å²) in [5, 5.41) is 10.5. The van der Waals surface area contributed by atoms with Crippen LogP contribution in [-0.4, -0.2) is 48.4 Å². The summed E-state index contributed by atoms with van der Waals surface area (Å²) in [6.07, 6.45) is 0.829. The van der Waals surface area contributed by atoms with Crippen LogP contribution < -0.4 is 39.1 Å². The number of hydrogen-bond donors (Lipinski definition) is 1. The minimum atomic E-state index is -0.781. The zero-order chi connectivity index (χ0) is 29.4. The molecular formula is C30H35N3O7. The van der Waals surface area contributed by atoms with E-state index in [1.54, 1.807) is 29.2 Å². The molecule has 1 aliphatic carbocycles. The van der Waals surface area contributed by atoms with Crippen molar-refractivity contribution in [2.24, 2.45) is 11.1 Å². The first kappa shape index (κ1) is 28.5. The molecule has 0 fully saturated rings. The first-order valence-corrected chi connectivity index (χ1v) is 12.7. The normalized spacial score (nSPS) is 18.1. The van der Waals surface area contributed by atoms with Gasteiger partial charge in [0.15, 0.2) is 28.8 Å². The number of ketones is 1. The van der Waals surface area contributed by atoms with Crippen molar-refractivity contribution in [2.75, 3.05) is 47.6 Å². The molecule has 4 rings (SSSR count). The second-order valence-electron chi connectivity index (χ2n) is 10.3. The Kier molecular flexibility index (Phi) is 7.78. The minimum Gasteiger partial charge on any atom is -0.493 e. The molecule has 1 atom stereocenters. The first-order chi connectivity index (χ1) is 19.1. The minimum absolute atomic E-state index is 0.0780. The van der Waals surface area contributed by atoms with Gasteiger partial charge in [-0.05, 0) is 17.9 Å². The molecule has 0 saturated heterocycles. The second kappa shape index (κ2) is 10.9. The SMILES string of the molecule is COc1cc(N2C(N)=C(C#N)C(c3ccc(OC)c(OC)c3OC)C3=C2CC(C)(C)CC3=O)cc(OC)c1OC. The highest BCUT2D eigenvalue weighted by molar-refractivity contribution is 6.02. The molecular weight excluding hydrogens is 514 g/mol. The fourth-order valence-corrected chi connectivity index (χ4v) is 5.66. The lowest BCUT2D eigenvalue weighted by atomic mass is 9.68. The summed E-state index contributed by atoms with van der Waals surface area (Å²) in [6.45, 7) is 4.07. The number of rotatable bonds is 8. The van der Waals surface area contributed by atoms with Crippen molar-refractivity contribution in [3.05, 3.63) is 52.5 Å². The maximum atomic E-state index is 14.0. The number of ether oxygens (including phenoxy) is 6. The standard InChI is InChI=1S/C30H35N3O7/c1-30(2)13-19-25(20(34)14-30)24(17-9-10-21(35-3)28(40-8)26(17)38-6)18(15-31)29(32)33(19)16-11-22(36-4)27(39-7)23(12-16)37-5/h9-12,24H,13-14,32H2,1-8H3. The van der Waals surface area contributed by atoms with Gasteiger partial charge in [0, 0.05) is 35.4 Å². The maximum absolute atomic E-state index is 14.0. The Labute approximate surface area is 234 Å². The molecule has 1 unspecified atom stereocenters. The first-order valence-electron chi connectivity index (χ1n) is 12.7. The van der Waals surface area contributed by atoms with E-state index in [-0.39, 0.29) is 22.6 Å². The maximum Gasteiger partial charge on any atom is 0.203 e. The number of anilines is 1. The van der Waals surface area contributed by atoms with Gasteiger partial charge in [-0.2, -0.15) is 5.26 Å². The molecule has 10 heteroatoms. The number of allylic oxidation sites excluding steroid dienone is 3. The number of benzene rings is 2. The van der Waals surface area contributed by atoms with Crippen LogP contribution in [0.2, 0.25) is 0 Å². The van der Waals surface area contributed by atoms with Crippen LogP contribution in [0.25, 0.3) is 0 Å². The van der Waals surface area contributed by atoms with E-state index in [4.69, 9.17) is 34.2 Å². The summed E-state index contributed by atoms with van der Waals surface area (Å²) in [5.41, 5.74) is 8.98. The van der Waals surface area contributed by atoms with Gasteiger partial charge < -0.3 is 34.2 Å². The van der Waals surface area contributed by atoms with Gasteiger partial charge in [-0.3, -0.25) is 9.69 Å². The van der Waals surface area contributed by atoms with E-state index < -0.39 is 5.92 Å². The summed E-state index contributed by atoms with van der Waals surface area (Å²) in [7, 11) is 9.10. The van der Waals surface area contributed by atoms with E-state index in [0.29, 0.717) is 69.9 Å². The topological polar surface area (TPSA) is 126 Å². The Morgan fingerprint density at radius 3 is 1.93 bits per heavy atom. The quantitative estimate of drug-likeness (QED) is 0.496. The monoisotopic (exact) mass is 549 g/mol. The van der Waals surface area contributed by atoms with Crippen molar-refractivity contribution in [2.45, 2.75) is 32.6 Å². The van der Waals surface area contributed by atoms with Crippen LogP contribution in [0, 0.1) is 16.7 Å². The van der Waals surface area contributed by atoms with Crippen LogP contribution in [0.5, 0.6) is 34.5 Å². The van der Waals surface area contributed by atoms with Crippen molar-refractivity contribution in [3.8, 4) is 40.6 Å². The molecule has 1 heterocycles. The zero-order valence-corrected chi connectivity index (χ0v) is 24.1. The van der Waals surface area contributed by atoms with Crippen LogP contribution in [0.3, 0.4) is 0 Å². The van der Waals surface area contributed by atoms with E-state index >= 15 is 0 Å². The number of Topliss-reactive ketones (excluding diaryl/α,β-unsaturated/α-hetero) is 1. The molecule has 0 amide bonds. The van der Waals surface area contributed by atoms with Crippen molar-refractivity contribution >= 4 is 11.5 Å². The summed E-state index contributed by atoms with van der Waals surface area (Å²) in [5.74, 6) is 1.74. The third kappa shape index (κ3) is 4.51. The Balaban J connectivity index is 2.08. The van der Waals surface area contributed by atoms with Crippen LogP contribution in [0.15, 0.2) is 46.9 Å². The Bertz CT molecular complexity index is 1430. The summed E-state index contributed by atoms with van der Waals surface area (Å²) < 4.78 is 33.5. The number of nitrogens with two attached hydrogens (primary N) is 1. The van der Waals surface area contributed by atoms with Crippen LogP contribution in [0.4, 0.5) is 5.69 Å². The van der Waals surface area contributed by atoms with Crippen molar-refractivity contribution in [1.29, 1.82) is 5.26 Å². The summed E-state index contributed by atoms with van der Waals surface area (Å²) in [6, 6.07) is 9.29. The second-order valence-corrected chi connectivity index (χ2v) is 10.3. The highest BCUT2D eigenvalue weighted by Gasteiger charge is 2.46. The average Bonchev–Trinajstić information content (AvgIpc) is 2.94. The molecule has 2 aliphatic rings. The zero-order valence-electron chi connectivity index (χ0n) is 24.1. The van der Waals surface area contributed by atoms with Gasteiger partial charge in [0.05, 0.1) is 65.9 Å². The molecule has 1 aliphatic heterocycles. The molecule has 10 nitrogen and oxygen atoms in total. The smallest absolute Gasteiger partial charge is 0.203 e. The van der Waals surface area contributed by atoms with E-state index in [1.807, 2.05) is 13.8 Å². The summed E-state index contributed by atoms with van der Waals surface area (Å²) >= 11 is 0.